The molecule has 0 saturated carbocycles. The van der Waals surface area contributed by atoms with Crippen LogP contribution in [-0.2, 0) is 17.1 Å². The van der Waals surface area contributed by atoms with E-state index in [1.54, 1.807) is 11.3 Å². The molecule has 0 saturated heterocycles. The number of fused-ring (bicyclic) bond motifs is 2. The predicted octanol–water partition coefficient (Wildman–Crippen LogP) is 4.09. The van der Waals surface area contributed by atoms with E-state index < -0.39 is 0 Å². The van der Waals surface area contributed by atoms with Gasteiger partial charge in [-0.05, 0) is 23.6 Å². The van der Waals surface area contributed by atoms with Crippen molar-refractivity contribution in [1.29, 1.82) is 0 Å². The molecule has 0 aliphatic carbocycles. The van der Waals surface area contributed by atoms with Crippen molar-refractivity contribution in [3.63, 3.8) is 0 Å². The van der Waals surface area contributed by atoms with E-state index in [9.17, 15) is 0 Å². The number of thiophene rings is 1. The minimum Gasteiger partial charge on any atom is -0.467 e. The van der Waals surface area contributed by atoms with Crippen LogP contribution in [0, 0.1) is 0 Å². The Labute approximate surface area is 145 Å². The number of rotatable bonds is 3. The molecule has 1 aliphatic rings. The number of anilines is 1. The first kappa shape index (κ1) is 15.0. The molecule has 23 heavy (non-hydrogen) atoms. The van der Waals surface area contributed by atoms with Crippen molar-refractivity contribution in [2.24, 2.45) is 0 Å². The van der Waals surface area contributed by atoms with Gasteiger partial charge in [-0.25, -0.2) is 9.97 Å². The average molecular weight is 366 g/mol. The number of hydrogen-bond acceptors (Lipinski definition) is 7. The Hall–Kier alpha value is -1.54. The van der Waals surface area contributed by atoms with Crippen molar-refractivity contribution in [2.45, 2.75) is 17.5 Å². The summed E-state index contributed by atoms with van der Waals surface area (Å²) in [4.78, 5) is 9.80. The van der Waals surface area contributed by atoms with Gasteiger partial charge in [-0.2, -0.15) is 0 Å². The summed E-state index contributed by atoms with van der Waals surface area (Å²) in [6, 6.07) is 5.72. The lowest BCUT2D eigenvalue weighted by molar-refractivity contribution is -0.0168. The van der Waals surface area contributed by atoms with Crippen LogP contribution in [0.3, 0.4) is 0 Å². The summed E-state index contributed by atoms with van der Waals surface area (Å²) in [7, 11) is 0. The molecule has 2 N–H and O–H groups in total. The van der Waals surface area contributed by atoms with Crippen LogP contribution in [0.4, 0.5) is 5.82 Å². The van der Waals surface area contributed by atoms with E-state index in [1.165, 1.54) is 11.8 Å². The van der Waals surface area contributed by atoms with E-state index in [2.05, 4.69) is 9.97 Å². The number of benzene rings is 1. The number of ether oxygens (including phenoxy) is 2. The molecule has 2 aromatic heterocycles. The lowest BCUT2D eigenvalue weighted by atomic mass is 10.1. The van der Waals surface area contributed by atoms with Gasteiger partial charge < -0.3 is 15.2 Å². The zero-order valence-electron chi connectivity index (χ0n) is 11.9. The SMILES string of the molecule is Nc1nc(SCc2cc(Cl)cc3c2OCOC3)nc2sccc12. The summed E-state index contributed by atoms with van der Waals surface area (Å²) in [5.41, 5.74) is 7.96. The molecule has 0 atom stereocenters. The third-order valence-electron chi connectivity index (χ3n) is 3.44. The van der Waals surface area contributed by atoms with Gasteiger partial charge in [0.1, 0.15) is 16.4 Å². The van der Waals surface area contributed by atoms with Crippen LogP contribution in [0.15, 0.2) is 28.7 Å². The minimum atomic E-state index is 0.261. The lowest BCUT2D eigenvalue weighted by Crippen LogP contribution is -2.13. The molecule has 0 bridgehead atoms. The second kappa shape index (κ2) is 6.16. The van der Waals surface area contributed by atoms with Gasteiger partial charge >= 0.3 is 0 Å². The zero-order chi connectivity index (χ0) is 15.8. The van der Waals surface area contributed by atoms with Crippen molar-refractivity contribution >= 4 is 50.7 Å². The van der Waals surface area contributed by atoms with Crippen molar-refractivity contribution in [1.82, 2.24) is 9.97 Å². The fourth-order valence-corrected chi connectivity index (χ4v) is 4.34. The molecule has 3 aromatic rings. The molecule has 3 heterocycles. The van der Waals surface area contributed by atoms with Crippen molar-refractivity contribution in [3.05, 3.63) is 39.7 Å². The third kappa shape index (κ3) is 2.97. The largest absolute Gasteiger partial charge is 0.467 e. The molecule has 8 heteroatoms. The van der Waals surface area contributed by atoms with Crippen LogP contribution < -0.4 is 10.5 Å². The van der Waals surface area contributed by atoms with E-state index in [1.807, 2.05) is 23.6 Å². The van der Waals surface area contributed by atoms with E-state index in [-0.39, 0.29) is 6.79 Å². The standard InChI is InChI=1S/C15H12ClN3O2S2/c16-10-3-8-5-20-7-21-12(8)9(4-10)6-23-15-18-13(17)11-1-2-22-14(11)19-15/h1-4H,5-7H2,(H2,17,18,19). The Morgan fingerprint density at radius 1 is 1.35 bits per heavy atom. The maximum atomic E-state index is 6.18. The Bertz CT molecular complexity index is 885. The quantitative estimate of drug-likeness (QED) is 0.557. The van der Waals surface area contributed by atoms with Crippen LogP contribution in [0.5, 0.6) is 5.75 Å². The van der Waals surface area contributed by atoms with Gasteiger partial charge in [0.15, 0.2) is 11.9 Å². The predicted molar refractivity (Wildman–Crippen MR) is 93.1 cm³/mol. The Kier molecular flexibility index (Phi) is 4.02. The highest BCUT2D eigenvalue weighted by Crippen LogP contribution is 2.35. The molecule has 4 rings (SSSR count). The number of nitrogen functional groups attached to an aromatic ring is 1. The maximum absolute atomic E-state index is 6.18. The molecule has 0 radical (unpaired) electrons. The first-order valence-electron chi connectivity index (χ1n) is 6.86. The summed E-state index contributed by atoms with van der Waals surface area (Å²) in [6.45, 7) is 0.773. The Balaban J connectivity index is 1.62. The van der Waals surface area contributed by atoms with Crippen molar-refractivity contribution in [2.75, 3.05) is 12.5 Å². The number of aromatic nitrogens is 2. The van der Waals surface area contributed by atoms with E-state index >= 15 is 0 Å². The number of hydrogen-bond donors (Lipinski definition) is 1. The highest BCUT2D eigenvalue weighted by atomic mass is 35.5. The zero-order valence-corrected chi connectivity index (χ0v) is 14.3. The summed E-state index contributed by atoms with van der Waals surface area (Å²) >= 11 is 9.25. The molecular weight excluding hydrogens is 354 g/mol. The average Bonchev–Trinajstić information content (AvgIpc) is 3.01. The topological polar surface area (TPSA) is 70.3 Å². The molecule has 1 aromatic carbocycles. The Morgan fingerprint density at radius 3 is 3.17 bits per heavy atom. The van der Waals surface area contributed by atoms with Crippen LogP contribution in [0.1, 0.15) is 11.1 Å². The minimum absolute atomic E-state index is 0.261. The van der Waals surface area contributed by atoms with Crippen molar-refractivity contribution < 1.29 is 9.47 Å². The second-order valence-electron chi connectivity index (χ2n) is 4.98. The van der Waals surface area contributed by atoms with Gasteiger partial charge in [-0.15, -0.1) is 11.3 Å². The van der Waals surface area contributed by atoms with Gasteiger partial charge in [0.25, 0.3) is 0 Å². The number of nitrogens with zero attached hydrogens (tertiary/aromatic N) is 2. The summed E-state index contributed by atoms with van der Waals surface area (Å²) in [5, 5.41) is 4.19. The molecule has 0 amide bonds. The van der Waals surface area contributed by atoms with Crippen LogP contribution in [0.2, 0.25) is 5.02 Å². The molecule has 118 valence electrons. The fraction of sp³-hybridized carbons (Fsp3) is 0.200. The third-order valence-corrected chi connectivity index (χ3v) is 5.36. The van der Waals surface area contributed by atoms with Gasteiger partial charge in [-0.3, -0.25) is 0 Å². The highest BCUT2D eigenvalue weighted by molar-refractivity contribution is 7.98. The number of halogens is 1. The number of nitrogens with two attached hydrogens (primary N) is 1. The normalized spacial score (nSPS) is 13.8. The summed E-state index contributed by atoms with van der Waals surface area (Å²) in [5.74, 6) is 2.01. The molecule has 0 unspecified atom stereocenters. The van der Waals surface area contributed by atoms with E-state index in [4.69, 9.17) is 26.8 Å². The lowest BCUT2D eigenvalue weighted by Gasteiger charge is -2.20. The fourth-order valence-electron chi connectivity index (χ4n) is 2.43. The summed E-state index contributed by atoms with van der Waals surface area (Å²) < 4.78 is 10.9. The monoisotopic (exact) mass is 365 g/mol. The van der Waals surface area contributed by atoms with Gasteiger partial charge in [0, 0.05) is 21.9 Å². The van der Waals surface area contributed by atoms with Gasteiger partial charge in [-0.1, -0.05) is 23.4 Å². The van der Waals surface area contributed by atoms with Crippen LogP contribution >= 0.6 is 34.7 Å². The van der Waals surface area contributed by atoms with Gasteiger partial charge in [0.05, 0.1) is 12.0 Å². The van der Waals surface area contributed by atoms with Crippen LogP contribution in [0.25, 0.3) is 10.2 Å². The van der Waals surface area contributed by atoms with Gasteiger partial charge in [0.2, 0.25) is 0 Å². The first-order valence-corrected chi connectivity index (χ1v) is 9.10. The molecule has 5 nitrogen and oxygen atoms in total. The van der Waals surface area contributed by atoms with Crippen LogP contribution in [-0.4, -0.2) is 16.8 Å². The van der Waals surface area contributed by atoms with E-state index in [0.29, 0.717) is 28.4 Å². The van der Waals surface area contributed by atoms with Crippen molar-refractivity contribution in [3.8, 4) is 5.75 Å². The second-order valence-corrected chi connectivity index (χ2v) is 7.26. The molecular formula is C15H12ClN3O2S2. The molecule has 0 spiro atoms. The first-order chi connectivity index (χ1) is 11.2. The molecule has 1 aliphatic heterocycles. The number of thioether (sulfide) groups is 1. The summed E-state index contributed by atoms with van der Waals surface area (Å²) in [6.07, 6.45) is 0. The maximum Gasteiger partial charge on any atom is 0.191 e. The highest BCUT2D eigenvalue weighted by Gasteiger charge is 2.17. The Morgan fingerprint density at radius 2 is 2.26 bits per heavy atom. The smallest absolute Gasteiger partial charge is 0.191 e. The van der Waals surface area contributed by atoms with E-state index in [0.717, 1.165) is 27.1 Å². The molecule has 0 fully saturated rings.